The van der Waals surface area contributed by atoms with Crippen molar-refractivity contribution in [3.05, 3.63) is 59.9 Å². The van der Waals surface area contributed by atoms with Crippen LogP contribution in [0.1, 0.15) is 17.2 Å². The molecule has 1 heterocycles. The van der Waals surface area contributed by atoms with E-state index in [1.807, 2.05) is 54.5 Å². The second-order valence-corrected chi connectivity index (χ2v) is 4.28. The van der Waals surface area contributed by atoms with Gasteiger partial charge in [-0.05, 0) is 23.8 Å². The van der Waals surface area contributed by atoms with E-state index in [9.17, 15) is 5.26 Å². The summed E-state index contributed by atoms with van der Waals surface area (Å²) in [7, 11) is 1.95. The van der Waals surface area contributed by atoms with Crippen molar-refractivity contribution in [1.82, 2.24) is 4.98 Å². The van der Waals surface area contributed by atoms with Gasteiger partial charge in [0.2, 0.25) is 0 Å². The zero-order valence-corrected chi connectivity index (χ0v) is 10.8. The van der Waals surface area contributed by atoms with E-state index in [1.54, 1.807) is 6.20 Å². The first-order chi connectivity index (χ1) is 9.27. The van der Waals surface area contributed by atoms with Gasteiger partial charge in [0, 0.05) is 26.0 Å². The van der Waals surface area contributed by atoms with Gasteiger partial charge in [-0.15, -0.1) is 0 Å². The lowest BCUT2D eigenvalue weighted by Crippen LogP contribution is -2.31. The van der Waals surface area contributed by atoms with Crippen LogP contribution in [0.3, 0.4) is 0 Å². The van der Waals surface area contributed by atoms with Gasteiger partial charge in [-0.1, -0.05) is 18.2 Å². The number of hydrogen-bond acceptors (Lipinski definition) is 4. The van der Waals surface area contributed by atoms with Gasteiger partial charge >= 0.3 is 0 Å². The van der Waals surface area contributed by atoms with E-state index in [-0.39, 0.29) is 6.04 Å². The van der Waals surface area contributed by atoms with E-state index in [1.165, 1.54) is 0 Å². The number of hydrogen-bond donors (Lipinski definition) is 1. The van der Waals surface area contributed by atoms with Crippen molar-refractivity contribution in [2.75, 3.05) is 18.5 Å². The van der Waals surface area contributed by atoms with E-state index in [2.05, 4.69) is 11.1 Å². The molecule has 1 unspecified atom stereocenters. The Balaban J connectivity index is 2.37. The van der Waals surface area contributed by atoms with E-state index in [0.717, 1.165) is 11.3 Å². The van der Waals surface area contributed by atoms with Crippen molar-refractivity contribution in [2.24, 2.45) is 5.73 Å². The molecule has 0 fully saturated rings. The average molecular weight is 252 g/mol. The number of benzene rings is 1. The number of nitriles is 1. The monoisotopic (exact) mass is 252 g/mol. The molecular weight excluding hydrogens is 236 g/mol. The standard InChI is InChI=1S/C15H16N4/c1-19(14-7-3-2-5-12(14)9-16)15(10-17)13-6-4-8-18-11-13/h2-8,11,15H,10,17H2,1H3. The summed E-state index contributed by atoms with van der Waals surface area (Å²) < 4.78 is 0. The van der Waals surface area contributed by atoms with Gasteiger partial charge in [0.25, 0.3) is 0 Å². The Morgan fingerprint density at radius 1 is 1.32 bits per heavy atom. The number of nitrogens with two attached hydrogens (primary N) is 1. The van der Waals surface area contributed by atoms with Crippen LogP contribution in [0.2, 0.25) is 0 Å². The molecule has 1 atom stereocenters. The average Bonchev–Trinajstić information content (AvgIpc) is 2.49. The third kappa shape index (κ3) is 2.72. The summed E-state index contributed by atoms with van der Waals surface area (Å²) >= 11 is 0. The lowest BCUT2D eigenvalue weighted by molar-refractivity contribution is 0.677. The Hall–Kier alpha value is -2.38. The Morgan fingerprint density at radius 3 is 2.74 bits per heavy atom. The highest BCUT2D eigenvalue weighted by Gasteiger charge is 2.18. The lowest BCUT2D eigenvalue weighted by atomic mass is 10.1. The maximum atomic E-state index is 9.17. The molecule has 1 aromatic carbocycles. The van der Waals surface area contributed by atoms with E-state index >= 15 is 0 Å². The summed E-state index contributed by atoms with van der Waals surface area (Å²) in [6.45, 7) is 0.460. The molecule has 1 aromatic heterocycles. The quantitative estimate of drug-likeness (QED) is 0.904. The fourth-order valence-electron chi connectivity index (χ4n) is 2.13. The van der Waals surface area contributed by atoms with Crippen LogP contribution >= 0.6 is 0 Å². The summed E-state index contributed by atoms with van der Waals surface area (Å²) in [6.07, 6.45) is 3.54. The van der Waals surface area contributed by atoms with Crippen LogP contribution in [0, 0.1) is 11.3 Å². The molecule has 4 heteroatoms. The zero-order valence-electron chi connectivity index (χ0n) is 10.8. The van der Waals surface area contributed by atoms with Crippen LogP contribution in [0.5, 0.6) is 0 Å². The van der Waals surface area contributed by atoms with Gasteiger partial charge in [-0.2, -0.15) is 5.26 Å². The van der Waals surface area contributed by atoms with E-state index in [0.29, 0.717) is 12.1 Å². The summed E-state index contributed by atoms with van der Waals surface area (Å²) in [4.78, 5) is 6.15. The van der Waals surface area contributed by atoms with Crippen LogP contribution in [0.4, 0.5) is 5.69 Å². The molecule has 4 nitrogen and oxygen atoms in total. The molecule has 0 spiro atoms. The molecule has 2 aromatic rings. The number of aromatic nitrogens is 1. The van der Waals surface area contributed by atoms with Crippen LogP contribution in [0.15, 0.2) is 48.8 Å². The molecule has 0 radical (unpaired) electrons. The summed E-state index contributed by atoms with van der Waals surface area (Å²) in [5.74, 6) is 0. The molecule has 0 bridgehead atoms. The Morgan fingerprint density at radius 2 is 2.11 bits per heavy atom. The van der Waals surface area contributed by atoms with Gasteiger partial charge in [0.1, 0.15) is 6.07 Å². The second-order valence-electron chi connectivity index (χ2n) is 4.28. The van der Waals surface area contributed by atoms with Crippen molar-refractivity contribution in [2.45, 2.75) is 6.04 Å². The van der Waals surface area contributed by atoms with Gasteiger partial charge in [0.05, 0.1) is 17.3 Å². The molecule has 0 amide bonds. The fourth-order valence-corrected chi connectivity index (χ4v) is 2.13. The fraction of sp³-hybridized carbons (Fsp3) is 0.200. The highest BCUT2D eigenvalue weighted by atomic mass is 15.1. The van der Waals surface area contributed by atoms with E-state index in [4.69, 9.17) is 5.73 Å². The van der Waals surface area contributed by atoms with Crippen LogP contribution < -0.4 is 10.6 Å². The minimum atomic E-state index is 0.00296. The molecule has 19 heavy (non-hydrogen) atoms. The first-order valence-electron chi connectivity index (χ1n) is 6.10. The largest absolute Gasteiger partial charge is 0.365 e. The van der Waals surface area contributed by atoms with Crippen LogP contribution in [-0.2, 0) is 0 Å². The van der Waals surface area contributed by atoms with Crippen LogP contribution in [0.25, 0.3) is 0 Å². The van der Waals surface area contributed by atoms with Crippen molar-refractivity contribution in [1.29, 1.82) is 5.26 Å². The van der Waals surface area contributed by atoms with Crippen molar-refractivity contribution < 1.29 is 0 Å². The molecular formula is C15H16N4. The molecule has 0 saturated carbocycles. The summed E-state index contributed by atoms with van der Waals surface area (Å²) in [5.41, 5.74) is 8.45. The molecule has 0 saturated heterocycles. The lowest BCUT2D eigenvalue weighted by Gasteiger charge is -2.29. The minimum absolute atomic E-state index is 0.00296. The predicted molar refractivity (Wildman–Crippen MR) is 75.6 cm³/mol. The summed E-state index contributed by atoms with van der Waals surface area (Å²) in [5, 5.41) is 9.17. The van der Waals surface area contributed by atoms with Crippen LogP contribution in [-0.4, -0.2) is 18.6 Å². The van der Waals surface area contributed by atoms with E-state index < -0.39 is 0 Å². The summed E-state index contributed by atoms with van der Waals surface area (Å²) in [6, 6.07) is 13.6. The maximum absolute atomic E-state index is 9.17. The molecule has 2 rings (SSSR count). The normalized spacial score (nSPS) is 11.6. The smallest absolute Gasteiger partial charge is 0.101 e. The number of anilines is 1. The molecule has 0 aliphatic rings. The van der Waals surface area contributed by atoms with Gasteiger partial charge < -0.3 is 10.6 Å². The SMILES string of the molecule is CN(c1ccccc1C#N)C(CN)c1cccnc1. The van der Waals surface area contributed by atoms with Gasteiger partial charge in [-0.3, -0.25) is 4.98 Å². The number of rotatable bonds is 4. The van der Waals surface area contributed by atoms with Crippen molar-refractivity contribution in [3.8, 4) is 6.07 Å². The Bertz CT molecular complexity index is 574. The minimum Gasteiger partial charge on any atom is -0.365 e. The van der Waals surface area contributed by atoms with Gasteiger partial charge in [-0.25, -0.2) is 0 Å². The predicted octanol–water partition coefficient (Wildman–Crippen LogP) is 2.09. The molecule has 2 N–H and O–H groups in total. The molecule has 0 aliphatic heterocycles. The Kier molecular flexibility index (Phi) is 4.11. The third-order valence-corrected chi connectivity index (χ3v) is 3.16. The number of likely N-dealkylation sites (N-methyl/N-ethyl adjacent to an activating group) is 1. The number of para-hydroxylation sites is 1. The zero-order chi connectivity index (χ0) is 13.7. The van der Waals surface area contributed by atoms with Gasteiger partial charge in [0.15, 0.2) is 0 Å². The van der Waals surface area contributed by atoms with Crippen molar-refractivity contribution in [3.63, 3.8) is 0 Å². The first-order valence-corrected chi connectivity index (χ1v) is 6.10. The third-order valence-electron chi connectivity index (χ3n) is 3.16. The first kappa shape index (κ1) is 13.1. The highest BCUT2D eigenvalue weighted by molar-refractivity contribution is 5.59. The van der Waals surface area contributed by atoms with Crippen molar-refractivity contribution >= 4 is 5.69 Å². The number of pyridine rings is 1. The second kappa shape index (κ2) is 5.98. The molecule has 0 aliphatic carbocycles. The maximum Gasteiger partial charge on any atom is 0.101 e. The highest BCUT2D eigenvalue weighted by Crippen LogP contribution is 2.26. The number of nitrogens with zero attached hydrogens (tertiary/aromatic N) is 3. The molecule has 96 valence electrons. The topological polar surface area (TPSA) is 65.9 Å². The Labute approximate surface area is 113 Å².